The van der Waals surface area contributed by atoms with E-state index in [0.717, 1.165) is 22.3 Å². The molecule has 0 heterocycles. The van der Waals surface area contributed by atoms with Crippen LogP contribution in [0.4, 0.5) is 4.79 Å². The molecule has 28 heavy (non-hydrogen) atoms. The van der Waals surface area contributed by atoms with Gasteiger partial charge in [-0.1, -0.05) is 48.5 Å². The molecule has 2 aromatic rings. The van der Waals surface area contributed by atoms with Crippen LogP contribution < -0.4 is 5.32 Å². The van der Waals surface area contributed by atoms with E-state index >= 15 is 0 Å². The molecule has 7 heteroatoms. The van der Waals surface area contributed by atoms with Crippen molar-refractivity contribution in [2.24, 2.45) is 0 Å². The van der Waals surface area contributed by atoms with Crippen LogP contribution in [0, 0.1) is 0 Å². The Labute approximate surface area is 163 Å². The Bertz CT molecular complexity index is 792. The van der Waals surface area contributed by atoms with E-state index in [9.17, 15) is 9.59 Å². The van der Waals surface area contributed by atoms with Crippen LogP contribution in [0.3, 0.4) is 0 Å². The first-order valence-electron chi connectivity index (χ1n) is 9.16. The topological polar surface area (TPSA) is 94.1 Å². The van der Waals surface area contributed by atoms with Crippen molar-refractivity contribution in [3.8, 4) is 11.1 Å². The molecule has 0 aromatic heterocycles. The van der Waals surface area contributed by atoms with E-state index in [0.29, 0.717) is 0 Å². The maximum absolute atomic E-state index is 12.0. The smallest absolute Gasteiger partial charge is 0.407 e. The zero-order valence-corrected chi connectivity index (χ0v) is 15.6. The van der Waals surface area contributed by atoms with E-state index in [4.69, 9.17) is 19.3 Å². The highest BCUT2D eigenvalue weighted by molar-refractivity contribution is 5.79. The van der Waals surface area contributed by atoms with E-state index in [1.54, 1.807) is 6.92 Å². The average Bonchev–Trinajstić information content (AvgIpc) is 3.02. The predicted octanol–water partition coefficient (Wildman–Crippen LogP) is 2.99. The van der Waals surface area contributed by atoms with Crippen molar-refractivity contribution in [2.45, 2.75) is 19.1 Å². The van der Waals surface area contributed by atoms with Gasteiger partial charge in [-0.15, -0.1) is 0 Å². The number of rotatable bonds is 9. The third-order valence-corrected chi connectivity index (χ3v) is 4.50. The molecule has 1 amide bonds. The number of aliphatic carboxylic acids is 1. The first-order valence-corrected chi connectivity index (χ1v) is 9.16. The lowest BCUT2D eigenvalue weighted by atomic mass is 9.98. The molecule has 0 saturated carbocycles. The Morgan fingerprint density at radius 2 is 1.64 bits per heavy atom. The molecule has 0 aliphatic heterocycles. The molecule has 3 rings (SSSR count). The van der Waals surface area contributed by atoms with Crippen LogP contribution in [0.5, 0.6) is 0 Å². The number of hydrogen-bond donors (Lipinski definition) is 2. The van der Waals surface area contributed by atoms with Crippen molar-refractivity contribution < 1.29 is 28.9 Å². The predicted molar refractivity (Wildman–Crippen MR) is 102 cm³/mol. The average molecular weight is 385 g/mol. The van der Waals surface area contributed by atoms with E-state index in [1.807, 2.05) is 24.3 Å². The Hall–Kier alpha value is -2.90. The van der Waals surface area contributed by atoms with Crippen molar-refractivity contribution in [2.75, 3.05) is 26.4 Å². The monoisotopic (exact) mass is 385 g/mol. The Morgan fingerprint density at radius 3 is 2.21 bits per heavy atom. The summed E-state index contributed by atoms with van der Waals surface area (Å²) in [6.07, 6.45) is -1.91. The number of carboxylic acid groups (broad SMARTS) is 1. The van der Waals surface area contributed by atoms with E-state index in [-0.39, 0.29) is 32.3 Å². The van der Waals surface area contributed by atoms with Crippen molar-refractivity contribution >= 4 is 12.1 Å². The van der Waals surface area contributed by atoms with Gasteiger partial charge in [-0.2, -0.15) is 0 Å². The van der Waals surface area contributed by atoms with Gasteiger partial charge in [-0.05, 0) is 29.2 Å². The first kappa shape index (κ1) is 19.9. The summed E-state index contributed by atoms with van der Waals surface area (Å²) in [6.45, 7) is 2.23. The van der Waals surface area contributed by atoms with Crippen molar-refractivity contribution in [1.29, 1.82) is 0 Å². The van der Waals surface area contributed by atoms with Crippen LogP contribution >= 0.6 is 0 Å². The lowest BCUT2D eigenvalue weighted by Crippen LogP contribution is -2.33. The molecular formula is C21H23NO6. The Balaban J connectivity index is 1.49. The van der Waals surface area contributed by atoms with Gasteiger partial charge in [-0.25, -0.2) is 9.59 Å². The quantitative estimate of drug-likeness (QED) is 0.509. The third kappa shape index (κ3) is 4.49. The molecule has 0 bridgehead atoms. The van der Waals surface area contributed by atoms with Gasteiger partial charge in [0, 0.05) is 19.1 Å². The van der Waals surface area contributed by atoms with Gasteiger partial charge in [0.15, 0.2) is 0 Å². The maximum atomic E-state index is 12.0. The summed E-state index contributed by atoms with van der Waals surface area (Å²) in [5, 5.41) is 11.5. The van der Waals surface area contributed by atoms with Crippen LogP contribution in [0.15, 0.2) is 48.5 Å². The third-order valence-electron chi connectivity index (χ3n) is 4.50. The van der Waals surface area contributed by atoms with E-state index in [1.165, 1.54) is 0 Å². The summed E-state index contributed by atoms with van der Waals surface area (Å²) in [5.41, 5.74) is 4.61. The zero-order chi connectivity index (χ0) is 19.9. The molecule has 0 fully saturated rings. The molecule has 0 saturated heterocycles. The van der Waals surface area contributed by atoms with Gasteiger partial charge < -0.3 is 24.6 Å². The second-order valence-electron chi connectivity index (χ2n) is 6.25. The molecule has 2 aromatic carbocycles. The molecular weight excluding hydrogens is 362 g/mol. The highest BCUT2D eigenvalue weighted by Crippen LogP contribution is 2.44. The van der Waals surface area contributed by atoms with Gasteiger partial charge in [0.1, 0.15) is 6.61 Å². The van der Waals surface area contributed by atoms with Crippen LogP contribution in [-0.4, -0.2) is 49.8 Å². The number of amides is 1. The van der Waals surface area contributed by atoms with Crippen LogP contribution in [-0.2, 0) is 19.0 Å². The number of carboxylic acids is 1. The summed E-state index contributed by atoms with van der Waals surface area (Å²) in [6, 6.07) is 16.2. The normalized spacial score (nSPS) is 13.5. The Kier molecular flexibility index (Phi) is 6.62. The number of fused-ring (bicyclic) bond motifs is 3. The minimum atomic E-state index is -1.34. The molecule has 2 N–H and O–H groups in total. The highest BCUT2D eigenvalue weighted by Gasteiger charge is 2.29. The van der Waals surface area contributed by atoms with E-state index in [2.05, 4.69) is 29.6 Å². The minimum Gasteiger partial charge on any atom is -0.477 e. The highest BCUT2D eigenvalue weighted by atomic mass is 16.7. The Morgan fingerprint density at radius 1 is 1.04 bits per heavy atom. The van der Waals surface area contributed by atoms with Gasteiger partial charge >= 0.3 is 12.1 Å². The summed E-state index contributed by atoms with van der Waals surface area (Å²) in [5.74, 6) is -1.22. The largest absolute Gasteiger partial charge is 0.477 e. The lowest BCUT2D eigenvalue weighted by molar-refractivity contribution is -0.187. The number of hydrogen-bond acceptors (Lipinski definition) is 5. The number of ether oxygens (including phenoxy) is 3. The first-order chi connectivity index (χ1) is 13.6. The molecule has 148 valence electrons. The number of benzene rings is 2. The standard InChI is InChI=1S/C21H23NO6/c1-2-26-20(19(23)24)27-12-11-22-21(25)28-13-18-16-9-5-3-7-14(16)15-8-4-6-10-17(15)18/h3-10,18,20H,2,11-13H2,1H3,(H,22,25)(H,23,24). The summed E-state index contributed by atoms with van der Waals surface area (Å²) < 4.78 is 15.4. The molecule has 0 spiro atoms. The SMILES string of the molecule is CCOC(OCCNC(=O)OCC1c2ccccc2-c2ccccc21)C(=O)O. The fourth-order valence-corrected chi connectivity index (χ4v) is 3.31. The number of nitrogens with one attached hydrogen (secondary N) is 1. The number of carbonyl (C=O) groups excluding carboxylic acids is 1. The van der Waals surface area contributed by atoms with Crippen LogP contribution in [0.2, 0.25) is 0 Å². The second-order valence-corrected chi connectivity index (χ2v) is 6.25. The van der Waals surface area contributed by atoms with Crippen LogP contribution in [0.1, 0.15) is 24.0 Å². The zero-order valence-electron chi connectivity index (χ0n) is 15.6. The summed E-state index contributed by atoms with van der Waals surface area (Å²) >= 11 is 0. The van der Waals surface area contributed by atoms with Crippen molar-refractivity contribution in [3.63, 3.8) is 0 Å². The van der Waals surface area contributed by atoms with Gasteiger partial charge in [-0.3, -0.25) is 0 Å². The second kappa shape index (κ2) is 9.34. The van der Waals surface area contributed by atoms with Gasteiger partial charge in [0.05, 0.1) is 6.61 Å². The van der Waals surface area contributed by atoms with Crippen LogP contribution in [0.25, 0.3) is 11.1 Å². The molecule has 7 nitrogen and oxygen atoms in total. The van der Waals surface area contributed by atoms with E-state index < -0.39 is 18.4 Å². The molecule has 1 aliphatic carbocycles. The molecule has 1 unspecified atom stereocenters. The number of alkyl carbamates (subject to hydrolysis) is 1. The van der Waals surface area contributed by atoms with Crippen molar-refractivity contribution in [1.82, 2.24) is 5.32 Å². The summed E-state index contributed by atoms with van der Waals surface area (Å²) in [4.78, 5) is 22.9. The van der Waals surface area contributed by atoms with Gasteiger partial charge in [0.2, 0.25) is 0 Å². The fraction of sp³-hybridized carbons (Fsp3) is 0.333. The molecule has 1 aliphatic rings. The minimum absolute atomic E-state index is 0.00115. The summed E-state index contributed by atoms with van der Waals surface area (Å²) in [7, 11) is 0. The van der Waals surface area contributed by atoms with Crippen molar-refractivity contribution in [3.05, 3.63) is 59.7 Å². The lowest BCUT2D eigenvalue weighted by Gasteiger charge is -2.15. The van der Waals surface area contributed by atoms with Gasteiger partial charge in [0.25, 0.3) is 6.29 Å². The molecule has 0 radical (unpaired) electrons. The maximum Gasteiger partial charge on any atom is 0.407 e. The fourth-order valence-electron chi connectivity index (χ4n) is 3.31. The number of carbonyl (C=O) groups is 2. The molecule has 1 atom stereocenters.